The minimum absolute atomic E-state index is 0.272. The predicted octanol–water partition coefficient (Wildman–Crippen LogP) is 3.25. The molecule has 1 nitrogen and oxygen atoms in total. The van der Waals surface area contributed by atoms with Crippen LogP contribution in [0, 0.1) is 5.41 Å². The third-order valence-corrected chi connectivity index (χ3v) is 4.69. The molecular formula is C8H12Br2O. The number of rotatable bonds is 1. The molecule has 64 valence electrons. The smallest absolute Gasteiger partial charge is 0.132 e. The third kappa shape index (κ3) is 2.28. The van der Waals surface area contributed by atoms with Crippen molar-refractivity contribution in [2.75, 3.05) is 0 Å². The summed E-state index contributed by atoms with van der Waals surface area (Å²) in [7, 11) is 0. The first kappa shape index (κ1) is 9.72. The van der Waals surface area contributed by atoms with E-state index < -0.39 is 0 Å². The molecular weight excluding hydrogens is 272 g/mol. The summed E-state index contributed by atoms with van der Waals surface area (Å²) in [6, 6.07) is 0. The van der Waals surface area contributed by atoms with E-state index in [1.165, 1.54) is 0 Å². The Hall–Kier alpha value is 0.630. The lowest BCUT2D eigenvalue weighted by Gasteiger charge is -2.34. The Balaban J connectivity index is 2.55. The summed E-state index contributed by atoms with van der Waals surface area (Å²) in [6.07, 6.45) is 3.52. The number of alkyl halides is 2. The van der Waals surface area contributed by atoms with Crippen molar-refractivity contribution in [1.29, 1.82) is 0 Å². The van der Waals surface area contributed by atoms with Gasteiger partial charge in [0, 0.05) is 12.8 Å². The van der Waals surface area contributed by atoms with Crippen LogP contribution >= 0.6 is 31.9 Å². The van der Waals surface area contributed by atoms with Crippen LogP contribution in [-0.4, -0.2) is 9.52 Å². The molecule has 0 atom stereocenters. The highest BCUT2D eigenvalue weighted by molar-refractivity contribution is 9.24. The summed E-state index contributed by atoms with van der Waals surface area (Å²) in [6.45, 7) is 2.22. The van der Waals surface area contributed by atoms with Gasteiger partial charge < -0.3 is 0 Å². The number of halogens is 2. The Morgan fingerprint density at radius 2 is 1.82 bits per heavy atom. The largest absolute Gasteiger partial charge is 0.300 e. The van der Waals surface area contributed by atoms with Crippen molar-refractivity contribution in [3.05, 3.63) is 0 Å². The van der Waals surface area contributed by atoms with Gasteiger partial charge in [0.25, 0.3) is 0 Å². The van der Waals surface area contributed by atoms with Crippen LogP contribution in [0.5, 0.6) is 0 Å². The first-order chi connectivity index (χ1) is 5.04. The topological polar surface area (TPSA) is 17.1 Å². The maximum Gasteiger partial charge on any atom is 0.132 e. The van der Waals surface area contributed by atoms with Gasteiger partial charge in [-0.3, -0.25) is 4.79 Å². The highest BCUT2D eigenvalue weighted by Gasteiger charge is 2.34. The van der Waals surface area contributed by atoms with Crippen LogP contribution in [0.4, 0.5) is 0 Å². The van der Waals surface area contributed by atoms with E-state index in [1.807, 2.05) is 0 Å². The molecule has 1 aliphatic carbocycles. The Labute approximate surface area is 84.2 Å². The number of hydrogen-bond donors (Lipinski definition) is 0. The maximum atomic E-state index is 10.9. The van der Waals surface area contributed by atoms with Gasteiger partial charge in [-0.25, -0.2) is 0 Å². The van der Waals surface area contributed by atoms with Gasteiger partial charge in [-0.1, -0.05) is 38.8 Å². The molecule has 0 aromatic carbocycles. The van der Waals surface area contributed by atoms with Gasteiger partial charge >= 0.3 is 0 Å². The number of carbonyl (C=O) groups is 1. The summed E-state index contributed by atoms with van der Waals surface area (Å²) in [5.41, 5.74) is 0.272. The third-order valence-electron chi connectivity index (χ3n) is 2.48. The average Bonchev–Trinajstić information content (AvgIpc) is 1.95. The summed E-state index contributed by atoms with van der Waals surface area (Å²) < 4.78 is 0.343. The highest BCUT2D eigenvalue weighted by atomic mass is 79.9. The van der Waals surface area contributed by atoms with Crippen LogP contribution in [0.15, 0.2) is 0 Å². The first-order valence-corrected chi connectivity index (χ1v) is 5.67. The Bertz CT molecular complexity index is 155. The van der Waals surface area contributed by atoms with Crippen LogP contribution in [0.25, 0.3) is 0 Å². The van der Waals surface area contributed by atoms with Crippen molar-refractivity contribution in [2.45, 2.75) is 36.3 Å². The second kappa shape index (κ2) is 3.56. The zero-order valence-corrected chi connectivity index (χ0v) is 9.74. The first-order valence-electron chi connectivity index (χ1n) is 3.84. The summed E-state index contributed by atoms with van der Waals surface area (Å²) in [5.74, 6) is 0.420. The molecule has 1 aliphatic rings. The van der Waals surface area contributed by atoms with Gasteiger partial charge in [0.05, 0.1) is 3.74 Å². The van der Waals surface area contributed by atoms with E-state index in [0.717, 1.165) is 25.7 Å². The quantitative estimate of drug-likeness (QED) is 0.675. The summed E-state index contributed by atoms with van der Waals surface area (Å²) in [4.78, 5) is 10.9. The Kier molecular flexibility index (Phi) is 3.15. The molecule has 0 aliphatic heterocycles. The molecule has 0 amide bonds. The molecule has 1 rings (SSSR count). The molecule has 0 aromatic heterocycles. The van der Waals surface area contributed by atoms with Crippen LogP contribution < -0.4 is 0 Å². The van der Waals surface area contributed by atoms with Crippen molar-refractivity contribution in [2.24, 2.45) is 5.41 Å². The minimum atomic E-state index is 0.272. The average molecular weight is 284 g/mol. The number of carbonyl (C=O) groups excluding carboxylic acids is 1. The van der Waals surface area contributed by atoms with Crippen molar-refractivity contribution in [1.82, 2.24) is 0 Å². The van der Waals surface area contributed by atoms with Gasteiger partial charge in [-0.05, 0) is 18.3 Å². The van der Waals surface area contributed by atoms with E-state index in [2.05, 4.69) is 38.8 Å². The summed E-state index contributed by atoms with van der Waals surface area (Å²) >= 11 is 7.03. The minimum Gasteiger partial charge on any atom is -0.300 e. The van der Waals surface area contributed by atoms with Crippen molar-refractivity contribution in [3.8, 4) is 0 Å². The fraction of sp³-hybridized carbons (Fsp3) is 0.875. The van der Waals surface area contributed by atoms with Crippen molar-refractivity contribution < 1.29 is 4.79 Å². The van der Waals surface area contributed by atoms with Gasteiger partial charge in [-0.15, -0.1) is 0 Å². The van der Waals surface area contributed by atoms with Gasteiger partial charge in [0.15, 0.2) is 0 Å². The fourth-order valence-corrected chi connectivity index (χ4v) is 2.23. The molecule has 0 unspecified atom stereocenters. The van der Waals surface area contributed by atoms with E-state index in [9.17, 15) is 4.79 Å². The maximum absolute atomic E-state index is 10.9. The van der Waals surface area contributed by atoms with Gasteiger partial charge in [0.2, 0.25) is 0 Å². The molecule has 0 heterocycles. The van der Waals surface area contributed by atoms with Gasteiger partial charge in [-0.2, -0.15) is 0 Å². The molecule has 0 spiro atoms. The Morgan fingerprint density at radius 3 is 2.18 bits per heavy atom. The lowest BCUT2D eigenvalue weighted by atomic mass is 9.77. The van der Waals surface area contributed by atoms with Crippen molar-refractivity contribution >= 4 is 37.6 Å². The molecule has 0 saturated heterocycles. The van der Waals surface area contributed by atoms with Crippen LogP contribution in [-0.2, 0) is 4.79 Å². The standard InChI is InChI=1S/C8H12Br2O/c1-8(7(9)10)4-2-6(11)3-5-8/h7H,2-5H2,1H3. The van der Waals surface area contributed by atoms with E-state index >= 15 is 0 Å². The predicted molar refractivity (Wildman–Crippen MR) is 53.2 cm³/mol. The highest BCUT2D eigenvalue weighted by Crippen LogP contribution is 2.43. The molecule has 11 heavy (non-hydrogen) atoms. The Morgan fingerprint density at radius 1 is 1.36 bits per heavy atom. The lowest BCUT2D eigenvalue weighted by molar-refractivity contribution is -0.121. The van der Waals surface area contributed by atoms with Crippen LogP contribution in [0.2, 0.25) is 0 Å². The lowest BCUT2D eigenvalue weighted by Crippen LogP contribution is -2.29. The molecule has 1 saturated carbocycles. The van der Waals surface area contributed by atoms with Gasteiger partial charge in [0.1, 0.15) is 5.78 Å². The van der Waals surface area contributed by atoms with E-state index in [-0.39, 0.29) is 5.41 Å². The van der Waals surface area contributed by atoms with E-state index in [0.29, 0.717) is 9.52 Å². The van der Waals surface area contributed by atoms with Crippen LogP contribution in [0.3, 0.4) is 0 Å². The normalized spacial score (nSPS) is 24.2. The second-order valence-corrected chi connectivity index (χ2v) is 6.55. The van der Waals surface area contributed by atoms with Crippen LogP contribution in [0.1, 0.15) is 32.6 Å². The zero-order valence-electron chi connectivity index (χ0n) is 6.57. The van der Waals surface area contributed by atoms with E-state index in [1.54, 1.807) is 0 Å². The summed E-state index contributed by atoms with van der Waals surface area (Å²) in [5, 5.41) is 0. The number of Topliss-reactive ketones (excluding diaryl/α,β-unsaturated/α-hetero) is 1. The monoisotopic (exact) mass is 282 g/mol. The fourth-order valence-electron chi connectivity index (χ4n) is 1.32. The zero-order chi connectivity index (χ0) is 8.48. The molecule has 0 radical (unpaired) electrons. The SMILES string of the molecule is CC1(C(Br)Br)CCC(=O)CC1. The second-order valence-electron chi connectivity index (χ2n) is 3.49. The van der Waals surface area contributed by atoms with Crippen molar-refractivity contribution in [3.63, 3.8) is 0 Å². The molecule has 0 aromatic rings. The molecule has 1 fully saturated rings. The molecule has 3 heteroatoms. The molecule has 0 bridgehead atoms. The number of hydrogen-bond acceptors (Lipinski definition) is 1. The van der Waals surface area contributed by atoms with E-state index in [4.69, 9.17) is 0 Å². The molecule has 0 N–H and O–H groups in total. The number of ketones is 1.